The molecule has 0 atom stereocenters. The summed E-state index contributed by atoms with van der Waals surface area (Å²) in [6, 6.07) is 12.0. The fraction of sp³-hybridized carbons (Fsp3) is 0.143. The smallest absolute Gasteiger partial charge is 0.0623 e. The van der Waals surface area contributed by atoms with Crippen molar-refractivity contribution < 1.29 is 23.0 Å². The van der Waals surface area contributed by atoms with Crippen LogP contribution in [0.4, 0.5) is 0 Å². The van der Waals surface area contributed by atoms with Gasteiger partial charge in [-0.05, 0) is 0 Å². The molecule has 0 amide bonds. The van der Waals surface area contributed by atoms with E-state index in [-0.39, 0.29) is 0 Å². The van der Waals surface area contributed by atoms with E-state index < -0.39 is 0 Å². The molecular formula is C7H9OPd. The molecule has 0 saturated heterocycles. The molecule has 0 spiro atoms. The Labute approximate surface area is 66.9 Å². The number of hydrogen-bond donors (Lipinski definition) is 0. The summed E-state index contributed by atoms with van der Waals surface area (Å²) in [4.78, 5) is 0. The molecule has 0 aliphatic rings. The van der Waals surface area contributed by atoms with Crippen molar-refractivity contribution in [3.63, 3.8) is 0 Å². The molecule has 0 saturated carbocycles. The molecule has 1 aromatic rings. The SMILES string of the molecule is C[O][Pd].c1ccccc1. The molecule has 0 N–H and O–H groups in total. The number of benzene rings is 1. The molecule has 0 radical (unpaired) electrons. The van der Waals surface area contributed by atoms with Crippen LogP contribution >= 0.6 is 0 Å². The van der Waals surface area contributed by atoms with E-state index in [4.69, 9.17) is 0 Å². The zero-order chi connectivity index (χ0) is 6.95. The molecule has 0 heterocycles. The van der Waals surface area contributed by atoms with Crippen LogP contribution in [0.2, 0.25) is 0 Å². The van der Waals surface area contributed by atoms with E-state index in [1.54, 1.807) is 7.11 Å². The molecule has 0 aliphatic carbocycles. The van der Waals surface area contributed by atoms with Gasteiger partial charge in [0.25, 0.3) is 0 Å². The predicted molar refractivity (Wildman–Crippen MR) is 33.5 cm³/mol. The van der Waals surface area contributed by atoms with Crippen LogP contribution in [0.15, 0.2) is 36.4 Å². The van der Waals surface area contributed by atoms with Gasteiger partial charge >= 0.3 is 30.1 Å². The standard InChI is InChI=1S/C6H6.CH3O.Pd/c1-2-4-6-5-3-1;1-2;/h1-6H;1H3;/q;-1;+1. The third kappa shape index (κ3) is 7.84. The van der Waals surface area contributed by atoms with E-state index in [0.29, 0.717) is 0 Å². The molecule has 0 aliphatic heterocycles. The van der Waals surface area contributed by atoms with Crippen molar-refractivity contribution in [2.75, 3.05) is 7.11 Å². The van der Waals surface area contributed by atoms with Gasteiger partial charge in [-0.3, -0.25) is 0 Å². The monoisotopic (exact) mass is 215 g/mol. The summed E-state index contributed by atoms with van der Waals surface area (Å²) in [6.07, 6.45) is 0. The Kier molecular flexibility index (Phi) is 7.70. The van der Waals surface area contributed by atoms with E-state index in [0.717, 1.165) is 0 Å². The van der Waals surface area contributed by atoms with E-state index in [1.165, 1.54) is 0 Å². The van der Waals surface area contributed by atoms with Gasteiger partial charge in [0, 0.05) is 0 Å². The van der Waals surface area contributed by atoms with E-state index in [1.807, 2.05) is 36.4 Å². The Bertz CT molecular complexity index is 91.8. The molecule has 0 aromatic heterocycles. The maximum absolute atomic E-state index is 4.10. The first-order valence-corrected chi connectivity index (χ1v) is 3.17. The molecule has 2 heteroatoms. The zero-order valence-corrected chi connectivity index (χ0v) is 6.74. The van der Waals surface area contributed by atoms with Gasteiger partial charge in [-0.1, -0.05) is 36.4 Å². The average molecular weight is 216 g/mol. The van der Waals surface area contributed by atoms with Crippen LogP contribution in [0.3, 0.4) is 0 Å². The van der Waals surface area contributed by atoms with Gasteiger partial charge in [0.05, 0.1) is 0 Å². The minimum Gasteiger partial charge on any atom is -0.0623 e. The van der Waals surface area contributed by atoms with E-state index in [9.17, 15) is 0 Å². The van der Waals surface area contributed by atoms with Crippen LogP contribution in [-0.2, 0) is 23.0 Å². The molecule has 53 valence electrons. The van der Waals surface area contributed by atoms with Gasteiger partial charge < -0.3 is 0 Å². The van der Waals surface area contributed by atoms with Crippen LogP contribution in [0.25, 0.3) is 0 Å². The second-order valence-corrected chi connectivity index (χ2v) is 1.92. The molecule has 0 bridgehead atoms. The first-order valence-electron chi connectivity index (χ1n) is 2.54. The summed E-state index contributed by atoms with van der Waals surface area (Å²) < 4.78 is 4.10. The van der Waals surface area contributed by atoms with Crippen LogP contribution in [0.1, 0.15) is 0 Å². The van der Waals surface area contributed by atoms with Crippen molar-refractivity contribution in [3.8, 4) is 0 Å². The predicted octanol–water partition coefficient (Wildman–Crippen LogP) is 1.78. The van der Waals surface area contributed by atoms with Crippen molar-refractivity contribution >= 4 is 0 Å². The fourth-order valence-electron chi connectivity index (χ4n) is 0.385. The molecular weight excluding hydrogens is 206 g/mol. The summed E-state index contributed by atoms with van der Waals surface area (Å²) in [5.41, 5.74) is 0. The summed E-state index contributed by atoms with van der Waals surface area (Å²) in [5, 5.41) is 0. The molecule has 1 aromatic carbocycles. The third-order valence-corrected chi connectivity index (χ3v) is 0.667. The topological polar surface area (TPSA) is 9.23 Å². The Morgan fingerprint density at radius 3 is 1.11 bits per heavy atom. The van der Waals surface area contributed by atoms with Crippen molar-refractivity contribution in [3.05, 3.63) is 36.4 Å². The average Bonchev–Trinajstić information content (AvgIpc) is 1.93. The summed E-state index contributed by atoms with van der Waals surface area (Å²) in [6.45, 7) is 0. The molecule has 0 unspecified atom stereocenters. The maximum Gasteiger partial charge on any atom is -0.0623 e. The van der Waals surface area contributed by atoms with Crippen LogP contribution in [0.5, 0.6) is 0 Å². The Morgan fingerprint density at radius 2 is 1.00 bits per heavy atom. The number of hydrogen-bond acceptors (Lipinski definition) is 1. The zero-order valence-electron chi connectivity index (χ0n) is 5.19. The summed E-state index contributed by atoms with van der Waals surface area (Å²) in [7, 11) is 1.56. The number of rotatable bonds is 0. The van der Waals surface area contributed by atoms with Crippen LogP contribution in [0, 0.1) is 0 Å². The largest absolute Gasteiger partial charge is 0.0623 e. The van der Waals surface area contributed by atoms with Crippen LogP contribution in [-0.4, -0.2) is 7.11 Å². The molecule has 0 fully saturated rings. The Hall–Kier alpha value is -0.158. The van der Waals surface area contributed by atoms with Gasteiger partial charge in [-0.25, -0.2) is 0 Å². The van der Waals surface area contributed by atoms with Gasteiger partial charge in [0.1, 0.15) is 0 Å². The van der Waals surface area contributed by atoms with E-state index >= 15 is 0 Å². The van der Waals surface area contributed by atoms with Gasteiger partial charge in [-0.15, -0.1) is 0 Å². The minimum atomic E-state index is 1.56. The molecule has 1 nitrogen and oxygen atoms in total. The summed E-state index contributed by atoms with van der Waals surface area (Å²) in [5.74, 6) is 0. The molecule has 1 rings (SSSR count). The van der Waals surface area contributed by atoms with Gasteiger partial charge in [0.2, 0.25) is 0 Å². The van der Waals surface area contributed by atoms with Crippen molar-refractivity contribution in [2.24, 2.45) is 0 Å². The minimum absolute atomic E-state index is 1.56. The first kappa shape index (κ1) is 8.84. The molecule has 9 heavy (non-hydrogen) atoms. The van der Waals surface area contributed by atoms with Crippen molar-refractivity contribution in [1.29, 1.82) is 0 Å². The van der Waals surface area contributed by atoms with Gasteiger partial charge in [-0.2, -0.15) is 0 Å². The fourth-order valence-corrected chi connectivity index (χ4v) is 0.385. The van der Waals surface area contributed by atoms with Crippen LogP contribution < -0.4 is 0 Å². The summed E-state index contributed by atoms with van der Waals surface area (Å²) >= 11 is 2.44. The second kappa shape index (κ2) is 7.84. The van der Waals surface area contributed by atoms with Gasteiger partial charge in [0.15, 0.2) is 0 Å². The quantitative estimate of drug-likeness (QED) is 0.600. The normalized spacial score (nSPS) is 7.44. The Balaban J connectivity index is 0.000000187. The van der Waals surface area contributed by atoms with Crippen molar-refractivity contribution in [2.45, 2.75) is 0 Å². The third-order valence-electron chi connectivity index (χ3n) is 0.667. The van der Waals surface area contributed by atoms with E-state index in [2.05, 4.69) is 23.0 Å². The first-order chi connectivity index (χ1) is 4.41. The Morgan fingerprint density at radius 1 is 0.889 bits per heavy atom. The second-order valence-electron chi connectivity index (χ2n) is 1.28. The maximum atomic E-state index is 4.10. The van der Waals surface area contributed by atoms with Crippen molar-refractivity contribution in [1.82, 2.24) is 0 Å².